The van der Waals surface area contributed by atoms with Gasteiger partial charge >= 0.3 is 0 Å². The first-order valence-corrected chi connectivity index (χ1v) is 7.87. The van der Waals surface area contributed by atoms with E-state index in [0.29, 0.717) is 17.1 Å². The summed E-state index contributed by atoms with van der Waals surface area (Å²) < 4.78 is 0. The molecule has 1 aromatic carbocycles. The highest BCUT2D eigenvalue weighted by Crippen LogP contribution is 2.32. The first-order chi connectivity index (χ1) is 11.3. The number of H-pyrrole nitrogens is 1. The second kappa shape index (κ2) is 5.92. The number of nitrogens with one attached hydrogen (secondary N) is 1. The second-order valence-electron chi connectivity index (χ2n) is 5.87. The van der Waals surface area contributed by atoms with E-state index < -0.39 is 0 Å². The molecule has 7 nitrogen and oxygen atoms in total. The van der Waals surface area contributed by atoms with Crippen LogP contribution < -0.4 is 4.90 Å². The van der Waals surface area contributed by atoms with E-state index in [1.807, 2.05) is 18.2 Å². The Kier molecular flexibility index (Phi) is 3.63. The molecule has 0 saturated heterocycles. The zero-order valence-electron chi connectivity index (χ0n) is 12.6. The number of fused-ring (bicyclic) bond motifs is 1. The van der Waals surface area contributed by atoms with Gasteiger partial charge in [-0.3, -0.25) is 0 Å². The van der Waals surface area contributed by atoms with Crippen LogP contribution in [-0.4, -0.2) is 42.6 Å². The molecule has 2 N–H and O–H groups in total. The lowest BCUT2D eigenvalue weighted by Crippen LogP contribution is -2.37. The molecular weight excluding hydrogens is 292 g/mol. The average Bonchev–Trinajstić information content (AvgIpc) is 3.06. The maximum Gasteiger partial charge on any atom is 0.232 e. The first-order valence-electron chi connectivity index (χ1n) is 7.87. The van der Waals surface area contributed by atoms with E-state index in [1.54, 1.807) is 6.20 Å². The van der Waals surface area contributed by atoms with Gasteiger partial charge in [0.25, 0.3) is 0 Å². The lowest BCUT2D eigenvalue weighted by atomic mass is 9.92. The Morgan fingerprint density at radius 1 is 1.04 bits per heavy atom. The van der Waals surface area contributed by atoms with Crippen molar-refractivity contribution in [3.8, 4) is 0 Å². The van der Waals surface area contributed by atoms with Crippen molar-refractivity contribution in [2.24, 2.45) is 0 Å². The smallest absolute Gasteiger partial charge is 0.232 e. The summed E-state index contributed by atoms with van der Waals surface area (Å²) >= 11 is 0. The Balaban J connectivity index is 1.75. The van der Waals surface area contributed by atoms with E-state index in [4.69, 9.17) is 0 Å². The number of rotatable bonds is 3. The normalized spacial score (nSPS) is 21.4. The maximum atomic E-state index is 9.79. The number of para-hydroxylation sites is 1. The summed E-state index contributed by atoms with van der Waals surface area (Å²) in [6.07, 6.45) is 4.93. The number of aliphatic hydroxyl groups is 1. The summed E-state index contributed by atoms with van der Waals surface area (Å²) in [5.41, 5.74) is 2.27. The fraction of sp³-hybridized carbons (Fsp3) is 0.375. The predicted octanol–water partition coefficient (Wildman–Crippen LogP) is 2.19. The van der Waals surface area contributed by atoms with Crippen molar-refractivity contribution in [3.05, 3.63) is 36.5 Å². The molecule has 2 heterocycles. The number of hydrogen-bond acceptors (Lipinski definition) is 6. The fourth-order valence-corrected chi connectivity index (χ4v) is 3.16. The minimum Gasteiger partial charge on any atom is -0.393 e. The predicted molar refractivity (Wildman–Crippen MR) is 86.3 cm³/mol. The molecule has 1 saturated carbocycles. The van der Waals surface area contributed by atoms with Crippen molar-refractivity contribution in [3.63, 3.8) is 0 Å². The summed E-state index contributed by atoms with van der Waals surface area (Å²) in [4.78, 5) is 11.2. The number of aliphatic hydroxyl groups excluding tert-OH is 1. The Morgan fingerprint density at radius 3 is 2.61 bits per heavy atom. The quantitative estimate of drug-likeness (QED) is 0.770. The largest absolute Gasteiger partial charge is 0.393 e. The van der Waals surface area contributed by atoms with Crippen LogP contribution in [0.3, 0.4) is 0 Å². The van der Waals surface area contributed by atoms with E-state index in [9.17, 15) is 5.11 Å². The van der Waals surface area contributed by atoms with Crippen LogP contribution in [0, 0.1) is 0 Å². The van der Waals surface area contributed by atoms with Gasteiger partial charge in [0, 0.05) is 11.7 Å². The molecular formula is C16H18N6O. The first kappa shape index (κ1) is 14.1. The molecule has 0 amide bonds. The molecule has 1 fully saturated rings. The summed E-state index contributed by atoms with van der Waals surface area (Å²) in [5, 5.41) is 20.4. The average molecular weight is 310 g/mol. The molecule has 1 aliphatic rings. The molecule has 4 rings (SSSR count). The summed E-state index contributed by atoms with van der Waals surface area (Å²) in [6.45, 7) is 0. The maximum absolute atomic E-state index is 9.79. The standard InChI is InChI=1S/C16H18N6O/c23-13-8-6-12(7-9-13)22(11-4-2-1-3-5-11)16-17-10-14-15(18-16)20-21-19-14/h1-5,10,12-13,23H,6-9H2,(H,17,18,19,20,21). The van der Waals surface area contributed by atoms with Crippen molar-refractivity contribution >= 4 is 22.8 Å². The van der Waals surface area contributed by atoms with Gasteiger partial charge in [-0.25, -0.2) is 4.98 Å². The lowest BCUT2D eigenvalue weighted by molar-refractivity contribution is 0.123. The van der Waals surface area contributed by atoms with E-state index in [0.717, 1.165) is 31.4 Å². The highest BCUT2D eigenvalue weighted by Gasteiger charge is 2.28. The van der Waals surface area contributed by atoms with Gasteiger partial charge < -0.3 is 10.0 Å². The van der Waals surface area contributed by atoms with Gasteiger partial charge in [0.1, 0.15) is 5.52 Å². The zero-order valence-corrected chi connectivity index (χ0v) is 12.6. The summed E-state index contributed by atoms with van der Waals surface area (Å²) in [6, 6.07) is 10.4. The molecule has 0 spiro atoms. The number of benzene rings is 1. The minimum absolute atomic E-state index is 0.192. The highest BCUT2D eigenvalue weighted by molar-refractivity contribution is 5.70. The SMILES string of the molecule is OC1CCC(N(c2ccccc2)c2ncc3n[nH]nc3n2)CC1. The number of nitrogens with zero attached hydrogens (tertiary/aromatic N) is 5. The van der Waals surface area contributed by atoms with Gasteiger partial charge in [0.2, 0.25) is 11.6 Å². The van der Waals surface area contributed by atoms with Crippen LogP contribution in [0.25, 0.3) is 11.2 Å². The Labute approximate surface area is 133 Å². The number of aromatic amines is 1. The molecule has 0 atom stereocenters. The fourth-order valence-electron chi connectivity index (χ4n) is 3.16. The van der Waals surface area contributed by atoms with E-state index in [1.165, 1.54) is 0 Å². The van der Waals surface area contributed by atoms with Crippen LogP contribution in [0.2, 0.25) is 0 Å². The molecule has 118 valence electrons. The third kappa shape index (κ3) is 2.75. The monoisotopic (exact) mass is 310 g/mol. The topological polar surface area (TPSA) is 90.8 Å². The van der Waals surface area contributed by atoms with Gasteiger partial charge in [0.15, 0.2) is 0 Å². The van der Waals surface area contributed by atoms with Crippen LogP contribution in [-0.2, 0) is 0 Å². The Bertz CT molecular complexity index is 781. The summed E-state index contributed by atoms with van der Waals surface area (Å²) in [7, 11) is 0. The third-order valence-electron chi connectivity index (χ3n) is 4.34. The van der Waals surface area contributed by atoms with Crippen LogP contribution in [0.1, 0.15) is 25.7 Å². The van der Waals surface area contributed by atoms with Crippen LogP contribution in [0.4, 0.5) is 11.6 Å². The molecule has 23 heavy (non-hydrogen) atoms. The minimum atomic E-state index is -0.192. The third-order valence-corrected chi connectivity index (χ3v) is 4.34. The van der Waals surface area contributed by atoms with Crippen LogP contribution >= 0.6 is 0 Å². The second-order valence-corrected chi connectivity index (χ2v) is 5.87. The number of anilines is 2. The molecule has 0 radical (unpaired) electrons. The zero-order chi connectivity index (χ0) is 15.6. The van der Waals surface area contributed by atoms with Crippen molar-refractivity contribution in [2.45, 2.75) is 37.8 Å². The van der Waals surface area contributed by atoms with Crippen LogP contribution in [0.15, 0.2) is 36.5 Å². The van der Waals surface area contributed by atoms with Crippen LogP contribution in [0.5, 0.6) is 0 Å². The molecule has 7 heteroatoms. The van der Waals surface area contributed by atoms with Gasteiger partial charge in [-0.05, 0) is 37.8 Å². The lowest BCUT2D eigenvalue weighted by Gasteiger charge is -2.35. The molecule has 3 aromatic rings. The molecule has 0 bridgehead atoms. The highest BCUT2D eigenvalue weighted by atomic mass is 16.3. The van der Waals surface area contributed by atoms with Gasteiger partial charge in [-0.2, -0.15) is 15.3 Å². The van der Waals surface area contributed by atoms with Gasteiger partial charge in [-0.1, -0.05) is 18.2 Å². The number of aromatic nitrogens is 5. The summed E-state index contributed by atoms with van der Waals surface area (Å²) in [5.74, 6) is 0.624. The van der Waals surface area contributed by atoms with Gasteiger partial charge in [0.05, 0.1) is 12.3 Å². The van der Waals surface area contributed by atoms with E-state index in [2.05, 4.69) is 42.4 Å². The van der Waals surface area contributed by atoms with Crippen molar-refractivity contribution in [2.75, 3.05) is 4.90 Å². The molecule has 1 aliphatic carbocycles. The van der Waals surface area contributed by atoms with Crippen molar-refractivity contribution in [1.82, 2.24) is 25.4 Å². The van der Waals surface area contributed by atoms with Crippen molar-refractivity contribution < 1.29 is 5.11 Å². The molecule has 0 unspecified atom stereocenters. The Hall–Kier alpha value is -2.54. The van der Waals surface area contributed by atoms with Crippen molar-refractivity contribution in [1.29, 1.82) is 0 Å². The Morgan fingerprint density at radius 2 is 1.83 bits per heavy atom. The molecule has 2 aromatic heterocycles. The number of hydrogen-bond donors (Lipinski definition) is 2. The molecule has 0 aliphatic heterocycles. The van der Waals surface area contributed by atoms with Gasteiger partial charge in [-0.15, -0.1) is 5.10 Å². The van der Waals surface area contributed by atoms with E-state index in [-0.39, 0.29) is 12.1 Å². The van der Waals surface area contributed by atoms with E-state index >= 15 is 0 Å².